The largest absolute Gasteiger partial charge is 0.498 e. The average Bonchev–Trinajstić information content (AvgIpc) is 1.85. The van der Waals surface area contributed by atoms with Gasteiger partial charge in [0.1, 0.15) is 21.4 Å². The van der Waals surface area contributed by atoms with Gasteiger partial charge in [0.25, 0.3) is 0 Å². The summed E-state index contributed by atoms with van der Waals surface area (Å²) in [6, 6.07) is 3.66. The zero-order chi connectivity index (χ0) is 8.43. The summed E-state index contributed by atoms with van der Waals surface area (Å²) in [4.78, 5) is 0. The second-order valence-corrected chi connectivity index (χ2v) is 2.48. The molecule has 0 fully saturated rings. The van der Waals surface area contributed by atoms with Crippen LogP contribution in [0.4, 0.5) is 0 Å². The Balaban J connectivity index is 3.25. The van der Waals surface area contributed by atoms with Crippen molar-refractivity contribution in [2.45, 2.75) is 6.92 Å². The van der Waals surface area contributed by atoms with Gasteiger partial charge in [-0.3, -0.25) is 0 Å². The fourth-order valence-corrected chi connectivity index (χ4v) is 1.07. The van der Waals surface area contributed by atoms with Gasteiger partial charge >= 0.3 is 0 Å². The van der Waals surface area contributed by atoms with Crippen molar-refractivity contribution in [1.82, 2.24) is 0 Å². The SMILES string of the molecule is [B]c1cc(C)cc([B])c1OC. The molecule has 3 heteroatoms. The third-order valence-electron chi connectivity index (χ3n) is 1.49. The van der Waals surface area contributed by atoms with Gasteiger partial charge in [-0.15, -0.1) is 0 Å². The zero-order valence-electron chi connectivity index (χ0n) is 6.72. The van der Waals surface area contributed by atoms with Gasteiger partial charge < -0.3 is 4.74 Å². The van der Waals surface area contributed by atoms with Crippen molar-refractivity contribution in [2.24, 2.45) is 0 Å². The first-order chi connectivity index (χ1) is 5.15. The predicted octanol–water partition coefficient (Wildman–Crippen LogP) is -0.409. The van der Waals surface area contributed by atoms with Crippen molar-refractivity contribution >= 4 is 26.6 Å². The first-order valence-electron chi connectivity index (χ1n) is 3.34. The lowest BCUT2D eigenvalue weighted by Gasteiger charge is -2.09. The maximum atomic E-state index is 5.63. The molecule has 0 bridgehead atoms. The minimum absolute atomic E-state index is 0.565. The van der Waals surface area contributed by atoms with Crippen LogP contribution in [0.5, 0.6) is 5.75 Å². The molecule has 0 saturated heterocycles. The van der Waals surface area contributed by atoms with E-state index in [9.17, 15) is 0 Å². The van der Waals surface area contributed by atoms with Crippen LogP contribution in [0.25, 0.3) is 0 Å². The maximum Gasteiger partial charge on any atom is 0.118 e. The molecule has 0 aromatic heterocycles. The van der Waals surface area contributed by atoms with E-state index in [1.165, 1.54) is 0 Å². The summed E-state index contributed by atoms with van der Waals surface area (Å²) < 4.78 is 4.98. The van der Waals surface area contributed by atoms with Gasteiger partial charge in [0.2, 0.25) is 0 Å². The molecule has 1 aromatic rings. The first kappa shape index (κ1) is 8.25. The van der Waals surface area contributed by atoms with Crippen molar-refractivity contribution < 1.29 is 4.74 Å². The molecule has 1 rings (SSSR count). The molecule has 0 N–H and O–H groups in total. The molecule has 0 spiro atoms. The van der Waals surface area contributed by atoms with Gasteiger partial charge in [0.05, 0.1) is 7.11 Å². The Hall–Kier alpha value is -0.850. The lowest BCUT2D eigenvalue weighted by Crippen LogP contribution is -2.19. The van der Waals surface area contributed by atoms with Gasteiger partial charge in [0, 0.05) is 0 Å². The topological polar surface area (TPSA) is 9.23 Å². The Kier molecular flexibility index (Phi) is 2.28. The third kappa shape index (κ3) is 1.59. The van der Waals surface area contributed by atoms with E-state index in [2.05, 4.69) is 0 Å². The lowest BCUT2D eigenvalue weighted by molar-refractivity contribution is 0.421. The van der Waals surface area contributed by atoms with Crippen molar-refractivity contribution in [3.63, 3.8) is 0 Å². The highest BCUT2D eigenvalue weighted by molar-refractivity contribution is 6.41. The van der Waals surface area contributed by atoms with Crippen LogP contribution >= 0.6 is 0 Å². The molecule has 0 aliphatic carbocycles. The minimum atomic E-state index is 0.565. The minimum Gasteiger partial charge on any atom is -0.498 e. The highest BCUT2D eigenvalue weighted by Crippen LogP contribution is 2.02. The molecule has 0 amide bonds. The van der Waals surface area contributed by atoms with Crippen molar-refractivity contribution in [1.29, 1.82) is 0 Å². The number of rotatable bonds is 1. The summed E-state index contributed by atoms with van der Waals surface area (Å²) in [6.07, 6.45) is 0. The molecule has 0 saturated carbocycles. The van der Waals surface area contributed by atoms with Crippen LogP contribution in [-0.2, 0) is 0 Å². The van der Waals surface area contributed by atoms with Gasteiger partial charge in [-0.1, -0.05) is 28.6 Å². The van der Waals surface area contributed by atoms with Crippen LogP contribution < -0.4 is 15.7 Å². The summed E-state index contributed by atoms with van der Waals surface area (Å²) in [7, 11) is 12.8. The van der Waals surface area contributed by atoms with Crippen molar-refractivity contribution in [3.8, 4) is 5.75 Å². The van der Waals surface area contributed by atoms with E-state index in [1.807, 2.05) is 19.1 Å². The zero-order valence-corrected chi connectivity index (χ0v) is 6.72. The molecule has 0 aliphatic heterocycles. The number of hydrogen-bond acceptors (Lipinski definition) is 1. The smallest absolute Gasteiger partial charge is 0.118 e. The predicted molar refractivity (Wildman–Crippen MR) is 48.5 cm³/mol. The van der Waals surface area contributed by atoms with E-state index in [4.69, 9.17) is 20.4 Å². The van der Waals surface area contributed by atoms with E-state index in [-0.39, 0.29) is 0 Å². The summed E-state index contributed by atoms with van der Waals surface area (Å²) in [6.45, 7) is 1.94. The van der Waals surface area contributed by atoms with E-state index >= 15 is 0 Å². The average molecular weight is 142 g/mol. The first-order valence-corrected chi connectivity index (χ1v) is 3.34. The Bertz CT molecular complexity index is 248. The molecule has 1 nitrogen and oxygen atoms in total. The molecule has 11 heavy (non-hydrogen) atoms. The summed E-state index contributed by atoms with van der Waals surface area (Å²) >= 11 is 0. The normalized spacial score (nSPS) is 9.64. The van der Waals surface area contributed by atoms with E-state index in [1.54, 1.807) is 7.11 Å². The molecule has 0 atom stereocenters. The van der Waals surface area contributed by atoms with Gasteiger partial charge in [-0.05, 0) is 6.92 Å². The number of ether oxygens (including phenoxy) is 1. The van der Waals surface area contributed by atoms with Crippen LogP contribution in [0.3, 0.4) is 0 Å². The molecule has 0 heterocycles. The van der Waals surface area contributed by atoms with Crippen LogP contribution in [-0.4, -0.2) is 22.8 Å². The van der Waals surface area contributed by atoms with E-state index in [0.717, 1.165) is 5.56 Å². The highest BCUT2D eigenvalue weighted by atomic mass is 16.5. The third-order valence-corrected chi connectivity index (χ3v) is 1.49. The molecule has 0 unspecified atom stereocenters. The summed E-state index contributed by atoms with van der Waals surface area (Å²) in [5.41, 5.74) is 2.22. The molecular formula is C8H8B2O. The summed E-state index contributed by atoms with van der Waals surface area (Å²) in [5, 5.41) is 0. The second kappa shape index (κ2) is 3.04. The Morgan fingerprint density at radius 2 is 1.64 bits per heavy atom. The molecule has 0 aliphatic rings. The Labute approximate surface area is 69.6 Å². The number of methoxy groups -OCH3 is 1. The fraction of sp³-hybridized carbons (Fsp3) is 0.250. The number of hydrogen-bond donors (Lipinski definition) is 0. The number of benzene rings is 1. The van der Waals surface area contributed by atoms with Gasteiger partial charge in [-0.2, -0.15) is 0 Å². The van der Waals surface area contributed by atoms with Crippen molar-refractivity contribution in [3.05, 3.63) is 17.7 Å². The lowest BCUT2D eigenvalue weighted by atomic mass is 9.84. The Morgan fingerprint density at radius 1 is 1.18 bits per heavy atom. The highest BCUT2D eigenvalue weighted by Gasteiger charge is 2.00. The second-order valence-electron chi connectivity index (χ2n) is 2.48. The molecule has 52 valence electrons. The molecule has 4 radical (unpaired) electrons. The van der Waals surface area contributed by atoms with Crippen LogP contribution in [0.2, 0.25) is 0 Å². The molecular weight excluding hydrogens is 134 g/mol. The molecule has 1 aromatic carbocycles. The van der Waals surface area contributed by atoms with Crippen LogP contribution in [0.15, 0.2) is 12.1 Å². The Morgan fingerprint density at radius 3 is 2.00 bits per heavy atom. The van der Waals surface area contributed by atoms with E-state index in [0.29, 0.717) is 16.7 Å². The monoisotopic (exact) mass is 142 g/mol. The van der Waals surface area contributed by atoms with E-state index < -0.39 is 0 Å². The number of aryl methyl sites for hydroxylation is 1. The van der Waals surface area contributed by atoms with Gasteiger partial charge in [-0.25, -0.2) is 0 Å². The summed E-state index contributed by atoms with van der Waals surface area (Å²) in [5.74, 6) is 0.565. The van der Waals surface area contributed by atoms with Crippen LogP contribution in [0, 0.1) is 6.92 Å². The van der Waals surface area contributed by atoms with Crippen molar-refractivity contribution in [2.75, 3.05) is 7.11 Å². The standard InChI is InChI=1S/C8H8B2O/c1-5-3-6(9)8(11-2)7(10)4-5/h3-4H,1-2H3. The quantitative estimate of drug-likeness (QED) is 0.484. The fourth-order valence-electron chi connectivity index (χ4n) is 1.07. The van der Waals surface area contributed by atoms with Gasteiger partial charge in [0.15, 0.2) is 0 Å². The van der Waals surface area contributed by atoms with Crippen LogP contribution in [0.1, 0.15) is 5.56 Å². The maximum absolute atomic E-state index is 5.63.